The summed E-state index contributed by atoms with van der Waals surface area (Å²) in [6, 6.07) is 6.66. The Morgan fingerprint density at radius 2 is 2.12 bits per heavy atom. The molecule has 1 aromatic rings. The summed E-state index contributed by atoms with van der Waals surface area (Å²) in [5.41, 5.74) is 4.57. The fraction of sp³-hybridized carbons (Fsp3) is 0.609. The largest absolute Gasteiger partial charge is 0.497 e. The Balaban J connectivity index is 1.59. The van der Waals surface area contributed by atoms with Crippen molar-refractivity contribution in [1.29, 1.82) is 0 Å². The Morgan fingerprint density at radius 3 is 2.85 bits per heavy atom. The number of rotatable bonds is 3. The Kier molecular flexibility index (Phi) is 4.37. The quantitative estimate of drug-likeness (QED) is 0.563. The molecule has 0 aliphatic heterocycles. The minimum Gasteiger partial charge on any atom is -0.497 e. The number of carbonyl (C=O) groups is 1. The van der Waals surface area contributed by atoms with Gasteiger partial charge in [0.15, 0.2) is 0 Å². The zero-order valence-electron chi connectivity index (χ0n) is 16.4. The van der Waals surface area contributed by atoms with Crippen molar-refractivity contribution in [3.63, 3.8) is 0 Å². The van der Waals surface area contributed by atoms with Gasteiger partial charge in [-0.3, -0.25) is 4.79 Å². The van der Waals surface area contributed by atoms with Gasteiger partial charge < -0.3 is 9.47 Å². The molecule has 26 heavy (non-hydrogen) atoms. The predicted molar refractivity (Wildman–Crippen MR) is 102 cm³/mol. The van der Waals surface area contributed by atoms with Crippen LogP contribution < -0.4 is 4.74 Å². The summed E-state index contributed by atoms with van der Waals surface area (Å²) in [6.07, 6.45) is 8.22. The summed E-state index contributed by atoms with van der Waals surface area (Å²) < 4.78 is 11.0. The molecule has 0 saturated heterocycles. The molecule has 0 amide bonds. The maximum atomic E-state index is 11.4. The van der Waals surface area contributed by atoms with Gasteiger partial charge in [0.05, 0.1) is 7.11 Å². The van der Waals surface area contributed by atoms with Gasteiger partial charge in [0.1, 0.15) is 11.9 Å². The van der Waals surface area contributed by atoms with Crippen LogP contribution in [0, 0.1) is 17.3 Å². The van der Waals surface area contributed by atoms with Gasteiger partial charge in [-0.2, -0.15) is 0 Å². The molecule has 0 radical (unpaired) electrons. The third kappa shape index (κ3) is 2.67. The van der Waals surface area contributed by atoms with E-state index in [1.807, 2.05) is 6.92 Å². The van der Waals surface area contributed by atoms with Gasteiger partial charge in [-0.25, -0.2) is 0 Å². The fourth-order valence-corrected chi connectivity index (χ4v) is 6.23. The zero-order chi connectivity index (χ0) is 18.5. The van der Waals surface area contributed by atoms with E-state index in [4.69, 9.17) is 9.47 Å². The van der Waals surface area contributed by atoms with E-state index in [0.29, 0.717) is 11.8 Å². The predicted octanol–water partition coefficient (Wildman–Crippen LogP) is 5.04. The van der Waals surface area contributed by atoms with Gasteiger partial charge >= 0.3 is 5.97 Å². The summed E-state index contributed by atoms with van der Waals surface area (Å²) >= 11 is 0. The lowest BCUT2D eigenvalue weighted by molar-refractivity contribution is -0.144. The van der Waals surface area contributed by atoms with Gasteiger partial charge in [0.25, 0.3) is 0 Å². The maximum absolute atomic E-state index is 11.4. The van der Waals surface area contributed by atoms with E-state index in [2.05, 4.69) is 31.2 Å². The van der Waals surface area contributed by atoms with Crippen molar-refractivity contribution in [2.24, 2.45) is 17.3 Å². The van der Waals surface area contributed by atoms with E-state index in [1.54, 1.807) is 12.7 Å². The average molecular weight is 354 g/mol. The van der Waals surface area contributed by atoms with E-state index in [9.17, 15) is 4.79 Å². The van der Waals surface area contributed by atoms with E-state index in [-0.39, 0.29) is 17.5 Å². The van der Waals surface area contributed by atoms with Crippen molar-refractivity contribution < 1.29 is 14.3 Å². The van der Waals surface area contributed by atoms with Crippen LogP contribution in [0.1, 0.15) is 63.5 Å². The number of methoxy groups -OCH3 is 1. The number of esters is 1. The Bertz CT molecular complexity index is 750. The molecule has 0 heterocycles. The van der Waals surface area contributed by atoms with Crippen LogP contribution in [0.25, 0.3) is 0 Å². The van der Waals surface area contributed by atoms with Crippen LogP contribution in [-0.4, -0.2) is 19.2 Å². The molecule has 0 N–H and O–H groups in total. The average Bonchev–Trinajstić information content (AvgIpc) is 2.97. The van der Waals surface area contributed by atoms with Crippen LogP contribution in [0.2, 0.25) is 0 Å². The molecule has 3 heteroatoms. The lowest BCUT2D eigenvalue weighted by Gasteiger charge is -2.51. The number of benzene rings is 1. The van der Waals surface area contributed by atoms with E-state index < -0.39 is 0 Å². The molecule has 5 atom stereocenters. The summed E-state index contributed by atoms with van der Waals surface area (Å²) in [5, 5.41) is 0. The fourth-order valence-electron chi connectivity index (χ4n) is 6.23. The smallest absolute Gasteiger partial charge is 0.303 e. The number of aryl methyl sites for hydroxylation is 1. The third-order valence-electron chi connectivity index (χ3n) is 7.36. The number of carbonyl (C=O) groups excluding carboxylic acids is 1. The monoisotopic (exact) mass is 354 g/mol. The molecule has 3 nitrogen and oxygen atoms in total. The van der Waals surface area contributed by atoms with Crippen molar-refractivity contribution >= 4 is 5.97 Å². The SMILES string of the molecule is COc1ccc2c(c1)CC[C@@H]1[C@H]3CC=C([C@@H](C)OC(C)=O)[C@]3(C)CC[C@@H]21. The second-order valence-electron chi connectivity index (χ2n) is 8.58. The standard InChI is InChI=1S/C23H30O3/c1-14(26-15(2)24)21-9-10-22-20-7-5-16-13-17(25-4)6-8-18(16)19(20)11-12-23(21,22)3/h6,8-9,13-14,19-20,22H,5,7,10-12H2,1-4H3/t14-,19+,20+,22-,23+/m1/s1. The van der Waals surface area contributed by atoms with Crippen LogP contribution in [-0.2, 0) is 16.0 Å². The van der Waals surface area contributed by atoms with Gasteiger partial charge in [-0.05, 0) is 91.0 Å². The van der Waals surface area contributed by atoms with Crippen LogP contribution in [0.5, 0.6) is 5.75 Å². The van der Waals surface area contributed by atoms with Crippen molar-refractivity contribution in [2.45, 2.75) is 64.9 Å². The second-order valence-corrected chi connectivity index (χ2v) is 8.58. The van der Waals surface area contributed by atoms with Crippen LogP contribution in [0.15, 0.2) is 29.8 Å². The molecule has 0 bridgehead atoms. The van der Waals surface area contributed by atoms with Gasteiger partial charge in [0.2, 0.25) is 0 Å². The molecule has 0 spiro atoms. The Morgan fingerprint density at radius 1 is 1.31 bits per heavy atom. The summed E-state index contributed by atoms with van der Waals surface area (Å²) in [4.78, 5) is 11.4. The topological polar surface area (TPSA) is 35.5 Å². The molecule has 3 aliphatic rings. The molecule has 3 aliphatic carbocycles. The zero-order valence-corrected chi connectivity index (χ0v) is 16.4. The number of allylic oxidation sites excluding steroid dienone is 1. The highest BCUT2D eigenvalue weighted by Gasteiger charge is 2.52. The number of fused-ring (bicyclic) bond motifs is 5. The molecule has 140 valence electrons. The first-order valence-electron chi connectivity index (χ1n) is 9.98. The van der Waals surface area contributed by atoms with Gasteiger partial charge in [-0.15, -0.1) is 0 Å². The van der Waals surface area contributed by atoms with E-state index >= 15 is 0 Å². The lowest BCUT2D eigenvalue weighted by Crippen LogP contribution is -2.43. The molecular weight excluding hydrogens is 324 g/mol. The van der Waals surface area contributed by atoms with Crippen LogP contribution in [0.4, 0.5) is 0 Å². The van der Waals surface area contributed by atoms with Gasteiger partial charge in [0, 0.05) is 6.92 Å². The number of ether oxygens (including phenoxy) is 2. The number of hydrogen-bond acceptors (Lipinski definition) is 3. The highest BCUT2D eigenvalue weighted by atomic mass is 16.5. The van der Waals surface area contributed by atoms with Crippen molar-refractivity contribution in [1.82, 2.24) is 0 Å². The summed E-state index contributed by atoms with van der Waals surface area (Å²) in [7, 11) is 1.75. The molecule has 1 fully saturated rings. The van der Waals surface area contributed by atoms with Crippen molar-refractivity contribution in [3.05, 3.63) is 41.0 Å². The van der Waals surface area contributed by atoms with Crippen molar-refractivity contribution in [3.8, 4) is 5.75 Å². The first kappa shape index (κ1) is 17.6. The van der Waals surface area contributed by atoms with Crippen molar-refractivity contribution in [2.75, 3.05) is 7.11 Å². The molecule has 1 saturated carbocycles. The number of hydrogen-bond donors (Lipinski definition) is 0. The molecule has 0 unspecified atom stereocenters. The van der Waals surface area contributed by atoms with E-state index in [1.165, 1.54) is 37.3 Å². The highest BCUT2D eigenvalue weighted by molar-refractivity contribution is 5.66. The van der Waals surface area contributed by atoms with Crippen LogP contribution in [0.3, 0.4) is 0 Å². The normalized spacial score (nSPS) is 33.4. The molecule has 1 aromatic carbocycles. The Hall–Kier alpha value is -1.77. The lowest BCUT2D eigenvalue weighted by atomic mass is 9.54. The molecule has 4 rings (SSSR count). The Labute approximate surface area is 156 Å². The first-order chi connectivity index (χ1) is 12.4. The van der Waals surface area contributed by atoms with Crippen LogP contribution >= 0.6 is 0 Å². The maximum Gasteiger partial charge on any atom is 0.303 e. The second kappa shape index (κ2) is 6.44. The van der Waals surface area contributed by atoms with E-state index in [0.717, 1.165) is 24.5 Å². The molecular formula is C23H30O3. The molecule has 0 aromatic heterocycles. The highest BCUT2D eigenvalue weighted by Crippen LogP contribution is 2.61. The first-order valence-corrected chi connectivity index (χ1v) is 9.98. The summed E-state index contributed by atoms with van der Waals surface area (Å²) in [6.45, 7) is 5.96. The minimum absolute atomic E-state index is 0.0980. The minimum atomic E-state index is -0.181. The summed E-state index contributed by atoms with van der Waals surface area (Å²) in [5.74, 6) is 2.86. The third-order valence-corrected chi connectivity index (χ3v) is 7.36. The van der Waals surface area contributed by atoms with Gasteiger partial charge in [-0.1, -0.05) is 19.1 Å².